The molecule has 6 nitrogen and oxygen atoms in total. The maximum Gasteiger partial charge on any atom is 0.222 e. The number of piperidine rings is 1. The predicted octanol–water partition coefficient (Wildman–Crippen LogP) is 2.40. The van der Waals surface area contributed by atoms with E-state index in [1.54, 1.807) is 17.4 Å². The summed E-state index contributed by atoms with van der Waals surface area (Å²) in [4.78, 5) is 18.2. The van der Waals surface area contributed by atoms with Gasteiger partial charge in [-0.3, -0.25) is 4.79 Å². The molecule has 1 saturated heterocycles. The van der Waals surface area contributed by atoms with Crippen molar-refractivity contribution in [2.75, 3.05) is 19.7 Å². The van der Waals surface area contributed by atoms with E-state index < -0.39 is 5.60 Å². The van der Waals surface area contributed by atoms with Gasteiger partial charge in [-0.05, 0) is 38.3 Å². The minimum atomic E-state index is -0.983. The normalized spacial score (nSPS) is 20.2. The first-order valence-corrected chi connectivity index (χ1v) is 9.19. The van der Waals surface area contributed by atoms with Gasteiger partial charge in [0.15, 0.2) is 0 Å². The molecule has 0 bridgehead atoms. The third kappa shape index (κ3) is 5.08. The van der Waals surface area contributed by atoms with Crippen LogP contribution >= 0.6 is 0 Å². The molecule has 1 aliphatic heterocycles. The molecule has 1 unspecified atom stereocenters. The Kier molecular flexibility index (Phi) is 5.93. The number of nitrogens with zero attached hydrogens (tertiary/aromatic N) is 3. The fourth-order valence-corrected chi connectivity index (χ4v) is 3.29. The summed E-state index contributed by atoms with van der Waals surface area (Å²) in [6.45, 7) is 4.05. The summed E-state index contributed by atoms with van der Waals surface area (Å²) in [6, 6.07) is 7.77. The van der Waals surface area contributed by atoms with Crippen molar-refractivity contribution >= 4 is 5.91 Å². The number of likely N-dealkylation sites (tertiary alicyclic amines) is 1. The van der Waals surface area contributed by atoms with Gasteiger partial charge in [-0.2, -0.15) is 0 Å². The molecule has 26 heavy (non-hydrogen) atoms. The summed E-state index contributed by atoms with van der Waals surface area (Å²) in [5, 5.41) is 10.9. The van der Waals surface area contributed by atoms with E-state index >= 15 is 0 Å². The van der Waals surface area contributed by atoms with Crippen molar-refractivity contribution in [3.05, 3.63) is 48.5 Å². The smallest absolute Gasteiger partial charge is 0.222 e. The van der Waals surface area contributed by atoms with Gasteiger partial charge in [0.1, 0.15) is 18.0 Å². The van der Waals surface area contributed by atoms with E-state index in [1.807, 2.05) is 42.0 Å². The van der Waals surface area contributed by atoms with Crippen LogP contribution in [0.4, 0.5) is 0 Å². The number of carbonyl (C=O) groups is 1. The minimum absolute atomic E-state index is 0.0959. The number of amides is 1. The molecular weight excluding hydrogens is 330 g/mol. The maximum absolute atomic E-state index is 12.5. The summed E-state index contributed by atoms with van der Waals surface area (Å²) in [5.74, 6) is 0.839. The average molecular weight is 357 g/mol. The molecule has 2 aromatic rings. The molecule has 1 aromatic heterocycles. The molecule has 1 fully saturated rings. The van der Waals surface area contributed by atoms with Crippen LogP contribution in [-0.4, -0.2) is 50.8 Å². The third-order valence-corrected chi connectivity index (χ3v) is 4.80. The number of rotatable bonds is 7. The van der Waals surface area contributed by atoms with Crippen LogP contribution in [0.25, 0.3) is 0 Å². The Morgan fingerprint density at radius 2 is 2.15 bits per heavy atom. The molecule has 0 spiro atoms. The van der Waals surface area contributed by atoms with E-state index in [4.69, 9.17) is 4.74 Å². The van der Waals surface area contributed by atoms with Crippen molar-refractivity contribution in [2.24, 2.45) is 0 Å². The van der Waals surface area contributed by atoms with Gasteiger partial charge in [-0.1, -0.05) is 17.7 Å². The highest BCUT2D eigenvalue weighted by Gasteiger charge is 2.35. The lowest BCUT2D eigenvalue weighted by Gasteiger charge is -2.39. The number of ether oxygens (including phenoxy) is 1. The van der Waals surface area contributed by atoms with Crippen LogP contribution in [-0.2, 0) is 11.3 Å². The topological polar surface area (TPSA) is 67.6 Å². The molecule has 1 N–H and O–H groups in total. The zero-order chi connectivity index (χ0) is 18.4. The lowest BCUT2D eigenvalue weighted by molar-refractivity contribution is -0.140. The highest BCUT2D eigenvalue weighted by Crippen LogP contribution is 2.24. The molecule has 1 aromatic carbocycles. The SMILES string of the molecule is Cc1ccc(OCC2(O)CCCN(C(=O)CCCn3ccnc3)C2)cc1. The van der Waals surface area contributed by atoms with E-state index in [2.05, 4.69) is 4.98 Å². The number of aryl methyl sites for hydroxylation is 2. The Labute approximate surface area is 154 Å². The van der Waals surface area contributed by atoms with E-state index in [-0.39, 0.29) is 12.5 Å². The molecule has 1 amide bonds. The van der Waals surface area contributed by atoms with Crippen molar-refractivity contribution in [3.63, 3.8) is 0 Å². The van der Waals surface area contributed by atoms with Crippen molar-refractivity contribution in [2.45, 2.75) is 44.8 Å². The zero-order valence-electron chi connectivity index (χ0n) is 15.3. The van der Waals surface area contributed by atoms with Crippen LogP contribution in [0.3, 0.4) is 0 Å². The molecule has 1 aliphatic rings. The van der Waals surface area contributed by atoms with Gasteiger partial charge in [-0.25, -0.2) is 4.98 Å². The summed E-state index contributed by atoms with van der Waals surface area (Å²) in [7, 11) is 0. The van der Waals surface area contributed by atoms with E-state index in [0.29, 0.717) is 25.9 Å². The van der Waals surface area contributed by atoms with Crippen molar-refractivity contribution in [3.8, 4) is 5.75 Å². The second-order valence-corrected chi connectivity index (χ2v) is 7.15. The fraction of sp³-hybridized carbons (Fsp3) is 0.500. The number of aromatic nitrogens is 2. The third-order valence-electron chi connectivity index (χ3n) is 4.80. The van der Waals surface area contributed by atoms with Gasteiger partial charge in [0.25, 0.3) is 0 Å². The van der Waals surface area contributed by atoms with Gasteiger partial charge in [0.05, 0.1) is 12.9 Å². The van der Waals surface area contributed by atoms with Crippen LogP contribution in [0.2, 0.25) is 0 Å². The van der Waals surface area contributed by atoms with Crippen LogP contribution in [0.5, 0.6) is 5.75 Å². The van der Waals surface area contributed by atoms with Gasteiger partial charge >= 0.3 is 0 Å². The van der Waals surface area contributed by atoms with Crippen LogP contribution < -0.4 is 4.74 Å². The van der Waals surface area contributed by atoms with Gasteiger partial charge in [-0.15, -0.1) is 0 Å². The number of benzene rings is 1. The Morgan fingerprint density at radius 3 is 2.88 bits per heavy atom. The first-order chi connectivity index (χ1) is 12.5. The second-order valence-electron chi connectivity index (χ2n) is 7.15. The summed E-state index contributed by atoms with van der Waals surface area (Å²) >= 11 is 0. The largest absolute Gasteiger partial charge is 0.491 e. The lowest BCUT2D eigenvalue weighted by Crippen LogP contribution is -2.53. The van der Waals surface area contributed by atoms with E-state index in [0.717, 1.165) is 25.1 Å². The first kappa shape index (κ1) is 18.5. The number of imidazole rings is 1. The van der Waals surface area contributed by atoms with E-state index in [9.17, 15) is 9.90 Å². The minimum Gasteiger partial charge on any atom is -0.491 e. The van der Waals surface area contributed by atoms with Crippen molar-refractivity contribution in [1.29, 1.82) is 0 Å². The monoisotopic (exact) mass is 357 g/mol. The molecule has 1 atom stereocenters. The molecule has 3 rings (SSSR count). The van der Waals surface area contributed by atoms with Crippen LogP contribution in [0, 0.1) is 6.92 Å². The number of hydrogen-bond donors (Lipinski definition) is 1. The van der Waals surface area contributed by atoms with Crippen LogP contribution in [0.1, 0.15) is 31.2 Å². The van der Waals surface area contributed by atoms with Crippen molar-refractivity contribution in [1.82, 2.24) is 14.5 Å². The number of β-amino-alcohol motifs (C(OH)–C–C–N with tert-alkyl or cyclic N) is 1. The van der Waals surface area contributed by atoms with Gasteiger partial charge in [0.2, 0.25) is 5.91 Å². The quantitative estimate of drug-likeness (QED) is 0.826. The molecular formula is C20H27N3O3. The number of hydrogen-bond acceptors (Lipinski definition) is 4. The Morgan fingerprint density at radius 1 is 1.35 bits per heavy atom. The summed E-state index contributed by atoms with van der Waals surface area (Å²) < 4.78 is 7.73. The molecule has 0 aliphatic carbocycles. The molecule has 6 heteroatoms. The predicted molar refractivity (Wildman–Crippen MR) is 98.9 cm³/mol. The lowest BCUT2D eigenvalue weighted by atomic mass is 9.93. The Bertz CT molecular complexity index is 700. The van der Waals surface area contributed by atoms with E-state index in [1.165, 1.54) is 5.56 Å². The molecule has 2 heterocycles. The Balaban J connectivity index is 1.47. The summed E-state index contributed by atoms with van der Waals surface area (Å²) in [6.07, 6.45) is 8.08. The number of aliphatic hydroxyl groups is 1. The average Bonchev–Trinajstić information content (AvgIpc) is 3.15. The highest BCUT2D eigenvalue weighted by molar-refractivity contribution is 5.76. The van der Waals surface area contributed by atoms with Crippen molar-refractivity contribution < 1.29 is 14.6 Å². The maximum atomic E-state index is 12.5. The zero-order valence-corrected chi connectivity index (χ0v) is 15.3. The molecule has 0 radical (unpaired) electrons. The second kappa shape index (κ2) is 8.36. The van der Waals surface area contributed by atoms with Crippen LogP contribution in [0.15, 0.2) is 43.0 Å². The fourth-order valence-electron chi connectivity index (χ4n) is 3.29. The van der Waals surface area contributed by atoms with Gasteiger partial charge < -0.3 is 19.3 Å². The standard InChI is InChI=1S/C20H27N3O3/c1-17-5-7-18(8-6-17)26-15-20(25)9-3-12-23(14-20)19(24)4-2-11-22-13-10-21-16-22/h5-8,10,13,16,25H,2-4,9,11-12,14-15H2,1H3. The first-order valence-electron chi connectivity index (χ1n) is 9.19. The summed E-state index contributed by atoms with van der Waals surface area (Å²) in [5.41, 5.74) is 0.185. The molecule has 0 saturated carbocycles. The Hall–Kier alpha value is -2.34. The van der Waals surface area contributed by atoms with Gasteiger partial charge in [0, 0.05) is 31.9 Å². The molecule has 140 valence electrons. The highest BCUT2D eigenvalue weighted by atomic mass is 16.5. The number of carbonyl (C=O) groups excluding carboxylic acids is 1.